The fourth-order valence-electron chi connectivity index (χ4n) is 3.12. The number of aryl methyl sites for hydroxylation is 1. The molecular formula is C19H20ClN7. The molecule has 4 rings (SSSR count). The van der Waals surface area contributed by atoms with E-state index in [4.69, 9.17) is 5.73 Å². The van der Waals surface area contributed by atoms with Gasteiger partial charge in [-0.05, 0) is 24.1 Å². The minimum absolute atomic E-state index is 0. The first-order valence-corrected chi connectivity index (χ1v) is 8.43. The van der Waals surface area contributed by atoms with Gasteiger partial charge in [-0.2, -0.15) is 5.10 Å². The van der Waals surface area contributed by atoms with E-state index in [2.05, 4.69) is 48.9 Å². The van der Waals surface area contributed by atoms with Crippen molar-refractivity contribution in [3.63, 3.8) is 0 Å². The minimum atomic E-state index is 0. The number of pyridine rings is 1. The SMILES string of the molecule is Cl.Nc1cc(-c2nccn2C(CCn2cncn2)c2ccccc2)ccn1. The van der Waals surface area contributed by atoms with E-state index in [0.717, 1.165) is 24.4 Å². The molecule has 8 heteroatoms. The van der Waals surface area contributed by atoms with Crippen molar-refractivity contribution in [2.24, 2.45) is 0 Å². The van der Waals surface area contributed by atoms with Crippen molar-refractivity contribution in [1.29, 1.82) is 0 Å². The summed E-state index contributed by atoms with van der Waals surface area (Å²) in [5.74, 6) is 1.35. The van der Waals surface area contributed by atoms with Crippen LogP contribution in [0.5, 0.6) is 0 Å². The van der Waals surface area contributed by atoms with E-state index in [1.807, 2.05) is 35.3 Å². The van der Waals surface area contributed by atoms with Gasteiger partial charge in [-0.15, -0.1) is 12.4 Å². The summed E-state index contributed by atoms with van der Waals surface area (Å²) in [6.07, 6.45) is 9.68. The van der Waals surface area contributed by atoms with E-state index in [-0.39, 0.29) is 18.4 Å². The molecule has 7 nitrogen and oxygen atoms in total. The highest BCUT2D eigenvalue weighted by Crippen LogP contribution is 2.28. The van der Waals surface area contributed by atoms with Crippen LogP contribution in [-0.4, -0.2) is 29.3 Å². The Bertz CT molecular complexity index is 967. The van der Waals surface area contributed by atoms with Gasteiger partial charge >= 0.3 is 0 Å². The second-order valence-corrected chi connectivity index (χ2v) is 6.00. The Kier molecular flexibility index (Phi) is 5.83. The van der Waals surface area contributed by atoms with Crippen molar-refractivity contribution in [2.45, 2.75) is 19.0 Å². The molecule has 0 spiro atoms. The number of benzene rings is 1. The summed E-state index contributed by atoms with van der Waals surface area (Å²) in [7, 11) is 0. The van der Waals surface area contributed by atoms with Crippen molar-refractivity contribution in [3.05, 3.63) is 79.3 Å². The third kappa shape index (κ3) is 4.15. The van der Waals surface area contributed by atoms with E-state index in [0.29, 0.717) is 5.82 Å². The van der Waals surface area contributed by atoms with Gasteiger partial charge in [-0.1, -0.05) is 30.3 Å². The molecule has 0 radical (unpaired) electrons. The molecule has 2 N–H and O–H groups in total. The quantitative estimate of drug-likeness (QED) is 0.554. The first-order valence-electron chi connectivity index (χ1n) is 8.43. The summed E-state index contributed by atoms with van der Waals surface area (Å²) >= 11 is 0. The predicted octanol–water partition coefficient (Wildman–Crippen LogP) is 3.22. The second kappa shape index (κ2) is 8.46. The van der Waals surface area contributed by atoms with Crippen LogP contribution in [-0.2, 0) is 6.54 Å². The number of nitrogen functional groups attached to an aromatic ring is 1. The zero-order chi connectivity index (χ0) is 17.8. The van der Waals surface area contributed by atoms with Crippen LogP contribution in [0, 0.1) is 0 Å². The molecule has 1 atom stereocenters. The monoisotopic (exact) mass is 381 g/mol. The Balaban J connectivity index is 0.00000210. The zero-order valence-electron chi connectivity index (χ0n) is 14.6. The lowest BCUT2D eigenvalue weighted by Gasteiger charge is -2.21. The second-order valence-electron chi connectivity index (χ2n) is 6.00. The molecule has 0 saturated heterocycles. The van der Waals surface area contributed by atoms with E-state index in [1.165, 1.54) is 5.56 Å². The number of aromatic nitrogens is 6. The molecular weight excluding hydrogens is 362 g/mol. The summed E-state index contributed by atoms with van der Waals surface area (Å²) < 4.78 is 4.03. The van der Waals surface area contributed by atoms with Gasteiger partial charge in [0.15, 0.2) is 0 Å². The van der Waals surface area contributed by atoms with Crippen LogP contribution in [0.2, 0.25) is 0 Å². The first kappa shape index (κ1) is 18.6. The molecule has 0 amide bonds. The van der Waals surface area contributed by atoms with Crippen molar-refractivity contribution in [1.82, 2.24) is 29.3 Å². The van der Waals surface area contributed by atoms with Gasteiger partial charge in [0.1, 0.15) is 24.3 Å². The van der Waals surface area contributed by atoms with Crippen LogP contribution in [0.15, 0.2) is 73.7 Å². The Morgan fingerprint density at radius 1 is 1.04 bits per heavy atom. The van der Waals surface area contributed by atoms with Crippen LogP contribution < -0.4 is 5.73 Å². The van der Waals surface area contributed by atoms with Crippen molar-refractivity contribution in [2.75, 3.05) is 5.73 Å². The summed E-state index contributed by atoms with van der Waals surface area (Å²) in [5, 5.41) is 4.21. The molecule has 0 bridgehead atoms. The maximum atomic E-state index is 5.86. The molecule has 0 fully saturated rings. The van der Waals surface area contributed by atoms with Crippen molar-refractivity contribution >= 4 is 18.2 Å². The topological polar surface area (TPSA) is 87.4 Å². The van der Waals surface area contributed by atoms with Crippen LogP contribution in [0.4, 0.5) is 5.82 Å². The number of rotatable bonds is 6. The molecule has 0 aliphatic rings. The van der Waals surface area contributed by atoms with Crippen LogP contribution in [0.1, 0.15) is 18.0 Å². The Morgan fingerprint density at radius 3 is 2.63 bits per heavy atom. The lowest BCUT2D eigenvalue weighted by atomic mass is 10.0. The van der Waals surface area contributed by atoms with E-state index in [1.54, 1.807) is 18.9 Å². The van der Waals surface area contributed by atoms with Crippen molar-refractivity contribution < 1.29 is 0 Å². The van der Waals surface area contributed by atoms with Gasteiger partial charge in [-0.25, -0.2) is 15.0 Å². The first-order chi connectivity index (χ1) is 12.8. The van der Waals surface area contributed by atoms with Gasteiger partial charge < -0.3 is 10.3 Å². The molecule has 0 aliphatic carbocycles. The third-order valence-electron chi connectivity index (χ3n) is 4.33. The molecule has 0 saturated carbocycles. The average molecular weight is 382 g/mol. The highest BCUT2D eigenvalue weighted by atomic mass is 35.5. The Hall–Kier alpha value is -3.19. The van der Waals surface area contributed by atoms with Crippen molar-refractivity contribution in [3.8, 4) is 11.4 Å². The number of nitrogens with zero attached hydrogens (tertiary/aromatic N) is 6. The lowest BCUT2D eigenvalue weighted by molar-refractivity contribution is 0.471. The largest absolute Gasteiger partial charge is 0.384 e. The molecule has 138 valence electrons. The molecule has 27 heavy (non-hydrogen) atoms. The number of anilines is 1. The number of hydrogen-bond donors (Lipinski definition) is 1. The lowest BCUT2D eigenvalue weighted by Crippen LogP contribution is -2.14. The molecule has 1 aromatic carbocycles. The smallest absolute Gasteiger partial charge is 0.140 e. The maximum absolute atomic E-state index is 5.86. The predicted molar refractivity (Wildman–Crippen MR) is 106 cm³/mol. The number of nitrogens with two attached hydrogens (primary N) is 1. The standard InChI is InChI=1S/C19H19N7.ClH/c20-18-12-16(6-8-22-18)19-23-9-11-26(19)17(15-4-2-1-3-5-15)7-10-25-14-21-13-24-25;/h1-6,8-9,11-14,17H,7,10H2,(H2,20,22);1H. The van der Waals surface area contributed by atoms with Gasteiger partial charge in [0, 0.05) is 30.7 Å². The number of imidazole rings is 1. The number of hydrogen-bond acceptors (Lipinski definition) is 5. The van der Waals surface area contributed by atoms with Gasteiger partial charge in [-0.3, -0.25) is 4.68 Å². The Morgan fingerprint density at radius 2 is 1.89 bits per heavy atom. The summed E-state index contributed by atoms with van der Waals surface area (Å²) in [4.78, 5) is 12.7. The molecule has 3 aromatic heterocycles. The summed E-state index contributed by atoms with van der Waals surface area (Å²) in [5.41, 5.74) is 8.02. The maximum Gasteiger partial charge on any atom is 0.140 e. The normalized spacial score (nSPS) is 11.7. The van der Waals surface area contributed by atoms with E-state index in [9.17, 15) is 0 Å². The van der Waals surface area contributed by atoms with Crippen LogP contribution >= 0.6 is 12.4 Å². The van der Waals surface area contributed by atoms with Gasteiger partial charge in [0.2, 0.25) is 0 Å². The van der Waals surface area contributed by atoms with Gasteiger partial charge in [0.25, 0.3) is 0 Å². The summed E-state index contributed by atoms with van der Waals surface area (Å²) in [6, 6.07) is 14.3. The molecule has 4 aromatic rings. The fraction of sp³-hybridized carbons (Fsp3) is 0.158. The van der Waals surface area contributed by atoms with E-state index >= 15 is 0 Å². The highest BCUT2D eigenvalue weighted by Gasteiger charge is 2.18. The third-order valence-corrected chi connectivity index (χ3v) is 4.33. The number of halogens is 1. The van der Waals surface area contributed by atoms with Crippen LogP contribution in [0.25, 0.3) is 11.4 Å². The Labute approximate surface area is 163 Å². The van der Waals surface area contributed by atoms with Gasteiger partial charge in [0.05, 0.1) is 6.04 Å². The average Bonchev–Trinajstić information content (AvgIpc) is 3.35. The van der Waals surface area contributed by atoms with E-state index < -0.39 is 0 Å². The summed E-state index contributed by atoms with van der Waals surface area (Å²) in [6.45, 7) is 0.760. The minimum Gasteiger partial charge on any atom is -0.384 e. The molecule has 3 heterocycles. The highest BCUT2D eigenvalue weighted by molar-refractivity contribution is 5.85. The molecule has 1 unspecified atom stereocenters. The fourth-order valence-corrected chi connectivity index (χ4v) is 3.12. The molecule has 0 aliphatic heterocycles. The van der Waals surface area contributed by atoms with Crippen LogP contribution in [0.3, 0.4) is 0 Å². The zero-order valence-corrected chi connectivity index (χ0v) is 15.4.